The van der Waals surface area contributed by atoms with Crippen molar-refractivity contribution < 1.29 is 19.1 Å². The van der Waals surface area contributed by atoms with E-state index in [2.05, 4.69) is 90.1 Å². The van der Waals surface area contributed by atoms with E-state index in [-0.39, 0.29) is 0 Å². The summed E-state index contributed by atoms with van der Waals surface area (Å²) in [6, 6.07) is 18.1. The van der Waals surface area contributed by atoms with Gasteiger partial charge in [-0.3, -0.25) is 0 Å². The van der Waals surface area contributed by atoms with Crippen LogP contribution in [0.25, 0.3) is 16.9 Å². The number of hydrogen-bond donors (Lipinski definition) is 0. The molecule has 2 aromatic carbocycles. The topological polar surface area (TPSA) is 25.3 Å². The quantitative estimate of drug-likeness (QED) is 0.0471. The minimum absolute atomic E-state index is 1.02. The van der Waals surface area contributed by atoms with E-state index in [0.717, 1.165) is 49.9 Å². The number of unbranched alkanes of at least 4 members (excludes halogenated alkanes) is 14. The maximum atomic E-state index is 12.1. The molecule has 0 saturated carbocycles. The van der Waals surface area contributed by atoms with Crippen LogP contribution in [0, 0.1) is 0 Å². The summed E-state index contributed by atoms with van der Waals surface area (Å²) in [5.41, 5.74) is 22.0. The molecule has 0 aliphatic carbocycles. The monoisotopic (exact) mass is 741 g/mol. The Morgan fingerprint density at radius 3 is 1.25 bits per heavy atom. The zero-order valence-corrected chi connectivity index (χ0v) is 35.2. The first-order chi connectivity index (χ1) is 25.1. The summed E-state index contributed by atoms with van der Waals surface area (Å²) in [5, 5.41) is 2.78. The zero-order valence-electron chi connectivity index (χ0n) is 34.2. The summed E-state index contributed by atoms with van der Waals surface area (Å²) in [5.74, 6) is 0. The third-order valence-corrected chi connectivity index (χ3v) is 11.5. The normalized spacial score (nSPS) is 13.0. The van der Waals surface area contributed by atoms with Gasteiger partial charge in [-0.25, -0.2) is 4.70 Å². The van der Waals surface area contributed by atoms with Crippen molar-refractivity contribution >= 4 is 11.4 Å². The molecule has 2 nitrogen and oxygen atoms in total. The zero-order chi connectivity index (χ0) is 36.9. The van der Waals surface area contributed by atoms with Crippen LogP contribution in [0.5, 0.6) is 0 Å². The van der Waals surface area contributed by atoms with Gasteiger partial charge >= 0.3 is 64.8 Å². The standard InChI is InChI=1S/C40H60N2.2C4H9.Ni/c1-5-9-13-16-17-20-30-38-37(29-12-8-4)39(35-27-21-25-33(31-35)23-18-14-10-6-2)42(41)40(38)36-28-22-26-34(32-36)24-19-15-11-7-3;2*1-3-4-2;/h21-22,25-28,31-32H,5-20,23-24,29-30H2,1-4H3;2*1,3-4H2,2H3;. The Morgan fingerprint density at radius 2 is 0.804 bits per heavy atom. The first-order valence-corrected chi connectivity index (χ1v) is 23.0. The molecule has 0 unspecified atom stereocenters. The van der Waals surface area contributed by atoms with Gasteiger partial charge in [0.15, 0.2) is 0 Å². The van der Waals surface area contributed by atoms with E-state index in [1.807, 2.05) is 14.4 Å². The molecule has 0 fully saturated rings. The van der Waals surface area contributed by atoms with Crippen LogP contribution >= 0.6 is 0 Å². The predicted octanol–water partition coefficient (Wildman–Crippen LogP) is 16.5. The summed E-state index contributed by atoms with van der Waals surface area (Å²) < 4.78 is 1.59. The van der Waals surface area contributed by atoms with E-state index in [9.17, 15) is 5.53 Å². The maximum absolute atomic E-state index is 12.1. The molecule has 3 heteroatoms. The number of aryl methyl sites for hydroxylation is 2. The van der Waals surface area contributed by atoms with E-state index in [1.165, 1.54) is 160 Å². The second kappa shape index (κ2) is 29.5. The summed E-state index contributed by atoms with van der Waals surface area (Å²) >= 11 is 1.94. The molecule has 3 rings (SSSR count). The van der Waals surface area contributed by atoms with Gasteiger partial charge in [-0.05, 0) is 86.8 Å². The van der Waals surface area contributed by atoms with Gasteiger partial charge in [0.05, 0.1) is 0 Å². The van der Waals surface area contributed by atoms with Crippen molar-refractivity contribution in [1.29, 1.82) is 0 Å². The van der Waals surface area contributed by atoms with Gasteiger partial charge < -0.3 is 5.53 Å². The molecule has 51 heavy (non-hydrogen) atoms. The fourth-order valence-electron chi connectivity index (χ4n) is 6.94. The van der Waals surface area contributed by atoms with Crippen LogP contribution in [-0.4, -0.2) is 4.70 Å². The van der Waals surface area contributed by atoms with Crippen molar-refractivity contribution in [2.45, 2.75) is 206 Å². The van der Waals surface area contributed by atoms with E-state index in [1.54, 1.807) is 4.70 Å². The molecular formula is C48H78N2Ni. The molecule has 0 N–H and O–H groups in total. The molecule has 1 heterocycles. The van der Waals surface area contributed by atoms with E-state index < -0.39 is 0 Å². The molecule has 0 saturated heterocycles. The minimum atomic E-state index is 1.02. The Morgan fingerprint density at radius 1 is 0.431 bits per heavy atom. The molecule has 0 aromatic heterocycles. The Labute approximate surface area is 323 Å². The van der Waals surface area contributed by atoms with Gasteiger partial charge in [-0.1, -0.05) is 129 Å². The fraction of sp³-hybridized carbons (Fsp3) is 0.667. The van der Waals surface area contributed by atoms with Gasteiger partial charge in [0, 0.05) is 22.3 Å². The molecule has 1 aliphatic rings. The number of allylic oxidation sites excluding steroid dienone is 2. The van der Waals surface area contributed by atoms with Crippen LogP contribution in [0.1, 0.15) is 205 Å². The molecular weight excluding hydrogens is 663 g/mol. The van der Waals surface area contributed by atoms with Gasteiger partial charge in [0.25, 0.3) is 0 Å². The van der Waals surface area contributed by atoms with Crippen LogP contribution in [0.15, 0.2) is 59.7 Å². The Bertz CT molecular complexity index is 1270. The molecule has 1 aliphatic heterocycles. The van der Waals surface area contributed by atoms with Gasteiger partial charge in [0.2, 0.25) is 11.4 Å². The van der Waals surface area contributed by atoms with Gasteiger partial charge in [-0.2, -0.15) is 0 Å². The first kappa shape index (κ1) is 45.2. The van der Waals surface area contributed by atoms with E-state index in [4.69, 9.17) is 0 Å². The third-order valence-electron chi connectivity index (χ3n) is 10.1. The molecule has 0 bridgehead atoms. The van der Waals surface area contributed by atoms with Crippen molar-refractivity contribution in [1.82, 2.24) is 0 Å². The van der Waals surface area contributed by atoms with Crippen molar-refractivity contribution in [3.63, 3.8) is 0 Å². The van der Waals surface area contributed by atoms with Crippen LogP contribution in [0.3, 0.4) is 0 Å². The Balaban J connectivity index is 0.000000880. The van der Waals surface area contributed by atoms with E-state index in [0.29, 0.717) is 0 Å². The van der Waals surface area contributed by atoms with Crippen LogP contribution in [0.4, 0.5) is 0 Å². The predicted molar refractivity (Wildman–Crippen MR) is 223 cm³/mol. The van der Waals surface area contributed by atoms with Gasteiger partial charge in [0.1, 0.15) is 0 Å². The first-order valence-electron chi connectivity index (χ1n) is 21.6. The summed E-state index contributed by atoms with van der Waals surface area (Å²) in [4.78, 5) is 0. The molecule has 0 spiro atoms. The van der Waals surface area contributed by atoms with Crippen molar-refractivity contribution in [2.75, 3.05) is 0 Å². The van der Waals surface area contributed by atoms with Crippen molar-refractivity contribution in [3.05, 3.63) is 87.5 Å². The van der Waals surface area contributed by atoms with E-state index >= 15 is 0 Å². The summed E-state index contributed by atoms with van der Waals surface area (Å²) in [6.45, 7) is 13.6. The molecule has 0 radical (unpaired) electrons. The molecule has 2 aromatic rings. The number of hydrogen-bond acceptors (Lipinski definition) is 0. The third kappa shape index (κ3) is 17.6. The average molecular weight is 742 g/mol. The summed E-state index contributed by atoms with van der Waals surface area (Å²) in [6.07, 6.45) is 30.0. The molecule has 0 amide bonds. The van der Waals surface area contributed by atoms with Crippen molar-refractivity contribution in [2.24, 2.45) is 0 Å². The molecule has 290 valence electrons. The summed E-state index contributed by atoms with van der Waals surface area (Å²) in [7, 11) is 0. The second-order valence-electron chi connectivity index (χ2n) is 14.8. The Hall–Kier alpha value is -1.99. The van der Waals surface area contributed by atoms with Gasteiger partial charge in [-0.15, -0.1) is 0 Å². The molecule has 0 atom stereocenters. The second-order valence-corrected chi connectivity index (χ2v) is 16.3. The number of benzene rings is 2. The Kier molecular flexibility index (Phi) is 26.1. The fourth-order valence-corrected chi connectivity index (χ4v) is 8.38. The SMILES string of the molecule is CCCCCCCCC1=C(c2cccc(CCCCCC)c2)[N+](=[N-])C(c2cccc(CCCCCC)c2)=C1CCCC.CCC[CH2][Ni][CH2]CCC. The van der Waals surface area contributed by atoms with Crippen LogP contribution < -0.4 is 0 Å². The average Bonchev–Trinajstić information content (AvgIpc) is 3.43. The van der Waals surface area contributed by atoms with Crippen LogP contribution in [-0.2, 0) is 27.3 Å². The van der Waals surface area contributed by atoms with Crippen molar-refractivity contribution in [3.8, 4) is 0 Å². The number of nitrogens with zero attached hydrogens (tertiary/aromatic N) is 2. The van der Waals surface area contributed by atoms with Crippen LogP contribution in [0.2, 0.25) is 10.8 Å². The number of rotatable bonds is 28.